The first kappa shape index (κ1) is 28.0. The molecule has 36 heavy (non-hydrogen) atoms. The molecule has 3 rings (SSSR count). The molecule has 1 heterocycles. The van der Waals surface area contributed by atoms with Crippen LogP contribution in [-0.2, 0) is 19.1 Å². The molecule has 198 valence electrons. The first-order valence-electron chi connectivity index (χ1n) is 11.8. The second kappa shape index (κ2) is 10.4. The lowest BCUT2D eigenvalue weighted by Crippen LogP contribution is -2.51. The number of carbonyl (C=O) groups excluding carboxylic acids is 3. The molecule has 0 aromatic heterocycles. The number of anilines is 1. The summed E-state index contributed by atoms with van der Waals surface area (Å²) in [5.74, 6) is -1.57. The first-order chi connectivity index (χ1) is 16.7. The number of hydrogen-bond acceptors (Lipinski definition) is 7. The predicted molar refractivity (Wildman–Crippen MR) is 134 cm³/mol. The summed E-state index contributed by atoms with van der Waals surface area (Å²) in [4.78, 5) is 45.0. The van der Waals surface area contributed by atoms with Gasteiger partial charge in [0.1, 0.15) is 5.60 Å². The van der Waals surface area contributed by atoms with Gasteiger partial charge in [-0.05, 0) is 71.9 Å². The fourth-order valence-electron chi connectivity index (χ4n) is 4.46. The Kier molecular flexibility index (Phi) is 8.12. The Labute approximate surface area is 217 Å². The van der Waals surface area contributed by atoms with Gasteiger partial charge in [0.05, 0.1) is 12.6 Å². The number of rotatable bonds is 7. The zero-order valence-corrected chi connectivity index (χ0v) is 22.7. The molecule has 1 aliphatic heterocycles. The van der Waals surface area contributed by atoms with Gasteiger partial charge in [0.25, 0.3) is 6.43 Å². The largest absolute Gasteiger partial charge is 0.464 e. The molecule has 1 unspecified atom stereocenters. The van der Waals surface area contributed by atoms with Gasteiger partial charge in [-0.2, -0.15) is 0 Å². The average molecular weight is 572 g/mol. The molecule has 2 aliphatic rings. The van der Waals surface area contributed by atoms with Crippen molar-refractivity contribution in [2.24, 2.45) is 4.99 Å². The lowest BCUT2D eigenvalue weighted by atomic mass is 10.0. The van der Waals surface area contributed by atoms with Crippen molar-refractivity contribution in [2.45, 2.75) is 90.0 Å². The molecule has 1 spiro atoms. The molecule has 1 aromatic carbocycles. The van der Waals surface area contributed by atoms with Gasteiger partial charge < -0.3 is 15.2 Å². The SMILES string of the molecule is CCOC(=O)C(N=Cc1c(C(F)F)cc(Br)c(C)c1N)C(=O)[C@@H]1CCC2(CC2)N1C(=O)OC(C)(C)C. The highest BCUT2D eigenvalue weighted by Crippen LogP contribution is 2.52. The summed E-state index contributed by atoms with van der Waals surface area (Å²) in [6, 6.07) is -1.37. The summed E-state index contributed by atoms with van der Waals surface area (Å²) in [6.07, 6.45) is -0.0762. The maximum Gasteiger partial charge on any atom is 0.411 e. The van der Waals surface area contributed by atoms with Crippen molar-refractivity contribution in [3.63, 3.8) is 0 Å². The number of esters is 1. The number of amides is 1. The monoisotopic (exact) mass is 571 g/mol. The van der Waals surface area contributed by atoms with Gasteiger partial charge in [0.15, 0.2) is 5.78 Å². The van der Waals surface area contributed by atoms with Gasteiger partial charge in [-0.3, -0.25) is 14.7 Å². The summed E-state index contributed by atoms with van der Waals surface area (Å²) in [6.45, 7) is 8.41. The quantitative estimate of drug-likeness (QED) is 0.210. The smallest absolute Gasteiger partial charge is 0.411 e. The molecule has 2 atom stereocenters. The number of halogens is 3. The second-order valence-electron chi connectivity index (χ2n) is 10.2. The number of nitrogens with two attached hydrogens (primary N) is 1. The van der Waals surface area contributed by atoms with E-state index in [4.69, 9.17) is 15.2 Å². The van der Waals surface area contributed by atoms with Gasteiger partial charge in [-0.1, -0.05) is 15.9 Å². The molecule has 1 aromatic rings. The Morgan fingerprint density at radius 1 is 1.31 bits per heavy atom. The van der Waals surface area contributed by atoms with E-state index in [1.807, 2.05) is 0 Å². The number of benzene rings is 1. The molecule has 2 fully saturated rings. The maximum atomic E-state index is 13.7. The third-order valence-electron chi connectivity index (χ3n) is 6.46. The second-order valence-corrected chi connectivity index (χ2v) is 11.0. The lowest BCUT2D eigenvalue weighted by Gasteiger charge is -2.32. The van der Waals surface area contributed by atoms with Crippen LogP contribution in [0.5, 0.6) is 0 Å². The van der Waals surface area contributed by atoms with E-state index in [1.54, 1.807) is 34.6 Å². The van der Waals surface area contributed by atoms with Gasteiger partial charge in [-0.15, -0.1) is 0 Å². The van der Waals surface area contributed by atoms with Gasteiger partial charge in [0, 0.05) is 33.0 Å². The van der Waals surface area contributed by atoms with Gasteiger partial charge in [-0.25, -0.2) is 18.4 Å². The van der Waals surface area contributed by atoms with Crippen molar-refractivity contribution < 1.29 is 32.6 Å². The number of ketones is 1. The van der Waals surface area contributed by atoms with E-state index in [9.17, 15) is 23.2 Å². The number of hydrogen-bond donors (Lipinski definition) is 1. The molecule has 1 saturated carbocycles. The van der Waals surface area contributed by atoms with Crippen LogP contribution in [0.25, 0.3) is 0 Å². The summed E-state index contributed by atoms with van der Waals surface area (Å²) in [5.41, 5.74) is 4.93. The number of ether oxygens (including phenoxy) is 2. The van der Waals surface area contributed by atoms with Crippen LogP contribution in [0.15, 0.2) is 15.5 Å². The zero-order valence-electron chi connectivity index (χ0n) is 21.1. The molecule has 1 amide bonds. The van der Waals surface area contributed by atoms with Crippen molar-refractivity contribution in [3.05, 3.63) is 27.2 Å². The van der Waals surface area contributed by atoms with E-state index < -0.39 is 53.1 Å². The number of aliphatic imine (C=N–C) groups is 1. The average Bonchev–Trinajstić information content (AvgIpc) is 3.43. The Morgan fingerprint density at radius 3 is 2.47 bits per heavy atom. The van der Waals surface area contributed by atoms with E-state index in [2.05, 4.69) is 20.9 Å². The highest BCUT2D eigenvalue weighted by molar-refractivity contribution is 9.10. The highest BCUT2D eigenvalue weighted by Gasteiger charge is 2.60. The number of alkyl halides is 2. The molecule has 8 nitrogen and oxygen atoms in total. The van der Waals surface area contributed by atoms with Crippen LogP contribution in [0.2, 0.25) is 0 Å². The standard InChI is InChI=1S/C25H32BrF2N3O5/c1-6-35-22(33)19(30-12-15-14(21(27)28)11-16(26)13(2)18(15)29)20(32)17-7-8-25(9-10-25)31(17)23(34)36-24(3,4)5/h11-12,17,19,21H,6-10,29H2,1-5H3/t17-,19?/m0/s1. The van der Waals surface area contributed by atoms with Gasteiger partial charge >= 0.3 is 12.1 Å². The molecule has 0 bridgehead atoms. The Hall–Kier alpha value is -2.56. The van der Waals surface area contributed by atoms with Crippen molar-refractivity contribution in [1.82, 2.24) is 4.90 Å². The molecule has 1 saturated heterocycles. The van der Waals surface area contributed by atoms with E-state index in [0.717, 1.165) is 19.1 Å². The Balaban J connectivity index is 1.99. The minimum atomic E-state index is -2.87. The number of carbonyl (C=O) groups is 3. The van der Waals surface area contributed by atoms with E-state index in [0.29, 0.717) is 22.9 Å². The maximum absolute atomic E-state index is 13.7. The van der Waals surface area contributed by atoms with Crippen LogP contribution in [0.4, 0.5) is 19.3 Å². The number of nitrogens with zero attached hydrogens (tertiary/aromatic N) is 2. The Morgan fingerprint density at radius 2 is 1.94 bits per heavy atom. The molecular formula is C25H32BrF2N3O5. The summed E-state index contributed by atoms with van der Waals surface area (Å²) < 4.78 is 38.5. The van der Waals surface area contributed by atoms with Crippen LogP contribution in [-0.4, -0.2) is 58.8 Å². The van der Waals surface area contributed by atoms with Crippen LogP contribution in [0.1, 0.15) is 76.5 Å². The highest BCUT2D eigenvalue weighted by atomic mass is 79.9. The third kappa shape index (κ3) is 5.71. The van der Waals surface area contributed by atoms with Crippen LogP contribution < -0.4 is 5.73 Å². The summed E-state index contributed by atoms with van der Waals surface area (Å²) in [7, 11) is 0. The first-order valence-corrected chi connectivity index (χ1v) is 12.6. The third-order valence-corrected chi connectivity index (χ3v) is 7.29. The van der Waals surface area contributed by atoms with Crippen LogP contribution in [0.3, 0.4) is 0 Å². The molecule has 2 N–H and O–H groups in total. The summed E-state index contributed by atoms with van der Waals surface area (Å²) in [5, 5.41) is 0. The topological polar surface area (TPSA) is 111 Å². The summed E-state index contributed by atoms with van der Waals surface area (Å²) >= 11 is 3.21. The molecule has 11 heteroatoms. The van der Waals surface area contributed by atoms with Crippen LogP contribution >= 0.6 is 15.9 Å². The predicted octanol–water partition coefficient (Wildman–Crippen LogP) is 5.13. The minimum Gasteiger partial charge on any atom is -0.464 e. The van der Waals surface area contributed by atoms with Crippen molar-refractivity contribution >= 4 is 45.7 Å². The number of likely N-dealkylation sites (tertiary alicyclic amines) is 1. The lowest BCUT2D eigenvalue weighted by molar-refractivity contribution is -0.148. The zero-order chi connectivity index (χ0) is 27.0. The van der Waals surface area contributed by atoms with Crippen molar-refractivity contribution in [3.8, 4) is 0 Å². The molecule has 0 radical (unpaired) electrons. The normalized spacial score (nSPS) is 19.7. The van der Waals surface area contributed by atoms with Crippen LogP contribution in [0, 0.1) is 6.92 Å². The van der Waals surface area contributed by atoms with Crippen molar-refractivity contribution in [2.75, 3.05) is 12.3 Å². The van der Waals surface area contributed by atoms with E-state index >= 15 is 0 Å². The fourth-order valence-corrected chi connectivity index (χ4v) is 4.92. The fraction of sp³-hybridized carbons (Fsp3) is 0.600. The number of Topliss-reactive ketones (excluding diaryl/α,β-unsaturated/α-hetero) is 1. The van der Waals surface area contributed by atoms with Gasteiger partial charge in [0.2, 0.25) is 6.04 Å². The molecule has 1 aliphatic carbocycles. The van der Waals surface area contributed by atoms with Crippen molar-refractivity contribution in [1.29, 1.82) is 0 Å². The van der Waals surface area contributed by atoms with E-state index in [-0.39, 0.29) is 17.9 Å². The van der Waals surface area contributed by atoms with E-state index in [1.165, 1.54) is 11.0 Å². The number of nitrogen functional groups attached to an aromatic ring is 1. The molecular weight excluding hydrogens is 540 g/mol. The Bertz CT molecular complexity index is 1080. The minimum absolute atomic E-state index is 0.00959.